The highest BCUT2D eigenvalue weighted by Crippen LogP contribution is 2.40. The maximum atomic E-state index is 9.90. The van der Waals surface area contributed by atoms with E-state index >= 15 is 0 Å². The molecule has 1 rings (SSSR count). The van der Waals surface area contributed by atoms with Gasteiger partial charge in [0.1, 0.15) is 16.5 Å². The van der Waals surface area contributed by atoms with Crippen molar-refractivity contribution in [3.8, 4) is 0 Å². The van der Waals surface area contributed by atoms with Gasteiger partial charge in [-0.2, -0.15) is 0 Å². The molecule has 1 fully saturated rings. The van der Waals surface area contributed by atoms with Crippen LogP contribution in [0.1, 0.15) is 13.8 Å². The smallest absolute Gasteiger partial charge is 0.294 e. The lowest BCUT2D eigenvalue weighted by Crippen LogP contribution is -2.53. The van der Waals surface area contributed by atoms with Crippen molar-refractivity contribution in [1.29, 1.82) is 0 Å². The minimum atomic E-state index is -1.36. The first-order valence-electron chi connectivity index (χ1n) is 6.05. The predicted octanol–water partition coefficient (Wildman–Crippen LogP) is 3.50. The van der Waals surface area contributed by atoms with Crippen LogP contribution >= 0.6 is 0 Å². The minimum absolute atomic E-state index is 0.130. The number of rotatable bonds is 3. The molecule has 1 heterocycles. The number of nitrogens with zero attached hydrogens (tertiary/aromatic N) is 1. The maximum absolute atomic E-state index is 9.90. The molecule has 3 nitrogen and oxygen atoms in total. The Hall–Kier alpha value is -0.426. The number of ether oxygens (including phenoxy) is 1. The summed E-state index contributed by atoms with van der Waals surface area (Å²) in [5.41, 5.74) is 0.965. The zero-order chi connectivity index (χ0) is 12.6. The Kier molecular flexibility index (Phi) is 3.79. The summed E-state index contributed by atoms with van der Waals surface area (Å²) in [7, 11) is -2.73. The van der Waals surface area contributed by atoms with Crippen LogP contribution in [0.15, 0.2) is 11.6 Å². The van der Waals surface area contributed by atoms with Crippen molar-refractivity contribution >= 4 is 16.5 Å². The standard InChI is InChI=1S/C11H25NO2Si2/c1-7-14-11(13)10(2)12-15(3,4)8-9-16(12,5)6/h13H,7-9H2,1-6H3/b11-10-. The summed E-state index contributed by atoms with van der Waals surface area (Å²) in [5.74, 6) is 0.130. The molecule has 0 atom stereocenters. The van der Waals surface area contributed by atoms with Gasteiger partial charge in [0, 0.05) is 0 Å². The Morgan fingerprint density at radius 2 is 1.62 bits per heavy atom. The van der Waals surface area contributed by atoms with Crippen molar-refractivity contribution < 1.29 is 9.84 Å². The van der Waals surface area contributed by atoms with E-state index in [9.17, 15) is 5.11 Å². The average Bonchev–Trinajstić information content (AvgIpc) is 2.35. The van der Waals surface area contributed by atoms with Crippen LogP contribution in [0.25, 0.3) is 0 Å². The third-order valence-corrected chi connectivity index (χ3v) is 13.7. The molecule has 1 N–H and O–H groups in total. The highest BCUT2D eigenvalue weighted by atomic mass is 28.4. The van der Waals surface area contributed by atoms with Crippen LogP contribution < -0.4 is 0 Å². The first kappa shape index (κ1) is 13.6. The number of aliphatic hydroxyl groups excluding tert-OH is 1. The molecule has 0 aromatic carbocycles. The second-order valence-corrected chi connectivity index (χ2v) is 15.4. The monoisotopic (exact) mass is 259 g/mol. The van der Waals surface area contributed by atoms with Gasteiger partial charge in [-0.25, -0.2) is 0 Å². The van der Waals surface area contributed by atoms with Crippen LogP contribution in [-0.4, -0.2) is 32.4 Å². The molecule has 1 aliphatic heterocycles. The molecule has 5 heteroatoms. The summed E-state index contributed by atoms with van der Waals surface area (Å²) in [6.45, 7) is 14.0. The van der Waals surface area contributed by atoms with E-state index in [2.05, 4.69) is 30.4 Å². The molecular weight excluding hydrogens is 234 g/mol. The van der Waals surface area contributed by atoms with Gasteiger partial charge in [-0.15, -0.1) is 0 Å². The average molecular weight is 259 g/mol. The van der Waals surface area contributed by atoms with E-state index < -0.39 is 16.5 Å². The van der Waals surface area contributed by atoms with Crippen LogP contribution in [0.3, 0.4) is 0 Å². The summed E-state index contributed by atoms with van der Waals surface area (Å²) in [6, 6.07) is 2.67. The van der Waals surface area contributed by atoms with E-state index in [0.717, 1.165) is 5.70 Å². The van der Waals surface area contributed by atoms with E-state index in [0.29, 0.717) is 6.61 Å². The molecule has 0 amide bonds. The van der Waals surface area contributed by atoms with Gasteiger partial charge in [0.15, 0.2) is 0 Å². The number of hydrogen-bond donors (Lipinski definition) is 1. The first-order chi connectivity index (χ1) is 7.22. The van der Waals surface area contributed by atoms with Gasteiger partial charge in [0.2, 0.25) is 0 Å². The molecule has 0 aromatic rings. The minimum Gasteiger partial charge on any atom is -0.480 e. The number of hydrogen-bond acceptors (Lipinski definition) is 3. The van der Waals surface area contributed by atoms with Crippen LogP contribution in [0.2, 0.25) is 38.3 Å². The highest BCUT2D eigenvalue weighted by molar-refractivity contribution is 6.95. The molecule has 94 valence electrons. The lowest BCUT2D eigenvalue weighted by molar-refractivity contribution is 0.0938. The number of aliphatic hydroxyl groups is 1. The largest absolute Gasteiger partial charge is 0.480 e. The fourth-order valence-electron chi connectivity index (χ4n) is 2.90. The molecule has 0 unspecified atom stereocenters. The molecule has 1 aliphatic rings. The molecule has 0 bridgehead atoms. The second-order valence-electron chi connectivity index (χ2n) is 5.78. The van der Waals surface area contributed by atoms with E-state index in [-0.39, 0.29) is 5.95 Å². The van der Waals surface area contributed by atoms with Gasteiger partial charge in [-0.1, -0.05) is 26.2 Å². The van der Waals surface area contributed by atoms with Crippen LogP contribution in [0.4, 0.5) is 0 Å². The van der Waals surface area contributed by atoms with Gasteiger partial charge in [-0.05, 0) is 25.9 Å². The second kappa shape index (κ2) is 4.45. The lowest BCUT2D eigenvalue weighted by Gasteiger charge is -2.41. The Morgan fingerprint density at radius 3 is 2.00 bits per heavy atom. The quantitative estimate of drug-likeness (QED) is 0.622. The maximum Gasteiger partial charge on any atom is 0.294 e. The Balaban J connectivity index is 3.05. The summed E-state index contributed by atoms with van der Waals surface area (Å²) >= 11 is 0. The highest BCUT2D eigenvalue weighted by Gasteiger charge is 2.48. The van der Waals surface area contributed by atoms with Crippen molar-refractivity contribution in [1.82, 2.24) is 4.23 Å². The van der Waals surface area contributed by atoms with Crippen molar-refractivity contribution in [2.45, 2.75) is 52.1 Å². The van der Waals surface area contributed by atoms with Gasteiger partial charge in [-0.3, -0.25) is 0 Å². The fourth-order valence-corrected chi connectivity index (χ4v) is 17.5. The molecule has 0 radical (unpaired) electrons. The van der Waals surface area contributed by atoms with Gasteiger partial charge < -0.3 is 14.1 Å². The van der Waals surface area contributed by atoms with Crippen molar-refractivity contribution in [2.24, 2.45) is 0 Å². The SMILES string of the molecule is CCO/C(O)=C(/C)N1[Si](C)(C)CC[Si]1(C)C. The summed E-state index contributed by atoms with van der Waals surface area (Å²) in [5, 5.41) is 9.90. The van der Waals surface area contributed by atoms with Gasteiger partial charge >= 0.3 is 0 Å². The lowest BCUT2D eigenvalue weighted by atomic mass is 10.5. The van der Waals surface area contributed by atoms with Gasteiger partial charge in [0.05, 0.1) is 12.3 Å². The van der Waals surface area contributed by atoms with Crippen molar-refractivity contribution in [2.75, 3.05) is 6.61 Å². The van der Waals surface area contributed by atoms with E-state index in [4.69, 9.17) is 4.74 Å². The molecule has 1 saturated heterocycles. The fraction of sp³-hybridized carbons (Fsp3) is 0.818. The topological polar surface area (TPSA) is 32.7 Å². The Morgan fingerprint density at radius 1 is 1.19 bits per heavy atom. The Labute approximate surface area is 101 Å². The third-order valence-electron chi connectivity index (χ3n) is 3.49. The predicted molar refractivity (Wildman–Crippen MR) is 73.4 cm³/mol. The summed E-state index contributed by atoms with van der Waals surface area (Å²) < 4.78 is 7.80. The van der Waals surface area contributed by atoms with Crippen molar-refractivity contribution in [3.05, 3.63) is 11.6 Å². The van der Waals surface area contributed by atoms with Crippen molar-refractivity contribution in [3.63, 3.8) is 0 Å². The van der Waals surface area contributed by atoms with Gasteiger partial charge in [0.25, 0.3) is 5.95 Å². The Bertz CT molecular complexity index is 284. The summed E-state index contributed by atoms with van der Waals surface area (Å²) in [4.78, 5) is 0. The number of allylic oxidation sites excluding steroid dienone is 1. The zero-order valence-electron chi connectivity index (χ0n) is 11.4. The van der Waals surface area contributed by atoms with Crippen LogP contribution in [0.5, 0.6) is 0 Å². The first-order valence-corrected chi connectivity index (χ1v) is 12.4. The molecule has 0 aliphatic carbocycles. The molecule has 16 heavy (non-hydrogen) atoms. The molecular formula is C11H25NO2Si2. The van der Waals surface area contributed by atoms with Crippen LogP contribution in [-0.2, 0) is 4.74 Å². The normalized spacial score (nSPS) is 24.2. The molecule has 0 spiro atoms. The third kappa shape index (κ3) is 2.45. The molecule has 0 aromatic heterocycles. The zero-order valence-corrected chi connectivity index (χ0v) is 13.4. The van der Waals surface area contributed by atoms with Crippen LogP contribution in [0, 0.1) is 0 Å². The van der Waals surface area contributed by atoms with E-state index in [1.54, 1.807) is 0 Å². The van der Waals surface area contributed by atoms with E-state index in [1.165, 1.54) is 12.1 Å². The molecule has 0 saturated carbocycles. The summed E-state index contributed by atoms with van der Waals surface area (Å²) in [6.07, 6.45) is 0. The van der Waals surface area contributed by atoms with E-state index in [1.807, 2.05) is 13.8 Å².